The molecule has 0 aliphatic carbocycles. The molecule has 0 spiro atoms. The van der Waals surface area contributed by atoms with E-state index in [4.69, 9.17) is 9.52 Å². The number of aromatic carboxylic acids is 1. The highest BCUT2D eigenvalue weighted by molar-refractivity contribution is 5.94. The molecule has 0 amide bonds. The van der Waals surface area contributed by atoms with Gasteiger partial charge >= 0.3 is 5.97 Å². The van der Waals surface area contributed by atoms with Crippen molar-refractivity contribution in [3.05, 3.63) is 42.3 Å². The van der Waals surface area contributed by atoms with E-state index in [2.05, 4.69) is 10.2 Å². The van der Waals surface area contributed by atoms with Gasteiger partial charge in [0.25, 0.3) is 0 Å². The predicted octanol–water partition coefficient (Wildman–Crippen LogP) is 2.52. The summed E-state index contributed by atoms with van der Waals surface area (Å²) in [6.07, 6.45) is 1.58. The van der Waals surface area contributed by atoms with Crippen molar-refractivity contribution in [2.24, 2.45) is 0 Å². The molecule has 3 aromatic rings. The number of rotatable bonds is 2. The van der Waals surface area contributed by atoms with E-state index in [1.165, 1.54) is 6.07 Å². The number of aromatic amines is 1. The Kier molecular flexibility index (Phi) is 1.98. The summed E-state index contributed by atoms with van der Waals surface area (Å²) in [5.74, 6) is -1.03. The molecule has 2 aromatic heterocycles. The van der Waals surface area contributed by atoms with Gasteiger partial charge in [0.15, 0.2) is 0 Å². The van der Waals surface area contributed by atoms with E-state index < -0.39 is 5.97 Å². The zero-order chi connectivity index (χ0) is 11.8. The van der Waals surface area contributed by atoms with Crippen molar-refractivity contribution < 1.29 is 14.3 Å². The minimum absolute atomic E-state index is 0.0604. The van der Waals surface area contributed by atoms with Crippen LogP contribution in [0.4, 0.5) is 0 Å². The van der Waals surface area contributed by atoms with Gasteiger partial charge < -0.3 is 9.52 Å². The van der Waals surface area contributed by atoms with Crippen LogP contribution < -0.4 is 0 Å². The summed E-state index contributed by atoms with van der Waals surface area (Å²) >= 11 is 0. The minimum atomic E-state index is -1.03. The third kappa shape index (κ3) is 1.48. The molecule has 0 aliphatic rings. The lowest BCUT2D eigenvalue weighted by atomic mass is 10.1. The number of hydrogen-bond donors (Lipinski definition) is 2. The summed E-state index contributed by atoms with van der Waals surface area (Å²) in [7, 11) is 0. The van der Waals surface area contributed by atoms with Crippen LogP contribution in [-0.4, -0.2) is 21.3 Å². The molecule has 0 atom stereocenters. The number of fused-ring (bicyclic) bond motifs is 1. The Morgan fingerprint density at radius 3 is 2.94 bits per heavy atom. The van der Waals surface area contributed by atoms with Gasteiger partial charge in [-0.15, -0.1) is 0 Å². The topological polar surface area (TPSA) is 79.1 Å². The van der Waals surface area contributed by atoms with Gasteiger partial charge in [0, 0.05) is 10.9 Å². The Hall–Kier alpha value is -2.56. The van der Waals surface area contributed by atoms with E-state index >= 15 is 0 Å². The summed E-state index contributed by atoms with van der Waals surface area (Å²) in [6.45, 7) is 0. The summed E-state index contributed by atoms with van der Waals surface area (Å²) < 4.78 is 5.37. The molecular formula is C12H8N2O3. The van der Waals surface area contributed by atoms with E-state index in [0.29, 0.717) is 5.69 Å². The summed E-state index contributed by atoms with van der Waals surface area (Å²) in [5.41, 5.74) is 2.16. The molecule has 5 heteroatoms. The molecule has 0 radical (unpaired) electrons. The first kappa shape index (κ1) is 9.65. The zero-order valence-corrected chi connectivity index (χ0v) is 8.68. The van der Waals surface area contributed by atoms with Gasteiger partial charge in [-0.25, -0.2) is 4.79 Å². The molecule has 17 heavy (non-hydrogen) atoms. The highest BCUT2D eigenvalue weighted by Crippen LogP contribution is 2.29. The van der Waals surface area contributed by atoms with Crippen molar-refractivity contribution in [2.45, 2.75) is 0 Å². The fourth-order valence-electron chi connectivity index (χ4n) is 1.75. The molecule has 0 bridgehead atoms. The highest BCUT2D eigenvalue weighted by atomic mass is 16.4. The van der Waals surface area contributed by atoms with Crippen molar-refractivity contribution in [3.8, 4) is 11.3 Å². The molecule has 1 aromatic carbocycles. The molecule has 2 N–H and O–H groups in total. The Labute approximate surface area is 95.7 Å². The number of furan rings is 1. The van der Waals surface area contributed by atoms with Gasteiger partial charge in [-0.3, -0.25) is 5.10 Å². The van der Waals surface area contributed by atoms with Gasteiger partial charge in [-0.2, -0.15) is 5.10 Å². The zero-order valence-electron chi connectivity index (χ0n) is 8.68. The Balaban J connectivity index is 2.17. The van der Waals surface area contributed by atoms with E-state index in [9.17, 15) is 4.79 Å². The second kappa shape index (κ2) is 3.48. The lowest BCUT2D eigenvalue weighted by Gasteiger charge is -1.90. The number of para-hydroxylation sites is 1. The SMILES string of the molecule is O=C(O)c1cc(-c2coc3ccccc23)n[nH]1. The van der Waals surface area contributed by atoms with Gasteiger partial charge in [0.05, 0.1) is 5.69 Å². The molecule has 0 saturated heterocycles. The number of carboxylic acids is 1. The molecule has 0 saturated carbocycles. The number of hydrogen-bond acceptors (Lipinski definition) is 3. The second-order valence-corrected chi connectivity index (χ2v) is 3.62. The summed E-state index contributed by atoms with van der Waals surface area (Å²) in [4.78, 5) is 10.8. The summed E-state index contributed by atoms with van der Waals surface area (Å²) in [6, 6.07) is 9.02. The van der Waals surface area contributed by atoms with Crippen molar-refractivity contribution >= 4 is 16.9 Å². The molecule has 0 fully saturated rings. The Bertz CT molecular complexity index is 696. The average molecular weight is 228 g/mol. The third-order valence-corrected chi connectivity index (χ3v) is 2.57. The van der Waals surface area contributed by atoms with Crippen molar-refractivity contribution in [2.75, 3.05) is 0 Å². The minimum Gasteiger partial charge on any atom is -0.477 e. The molecule has 0 aliphatic heterocycles. The number of nitrogens with zero attached hydrogens (tertiary/aromatic N) is 1. The van der Waals surface area contributed by atoms with E-state index in [0.717, 1.165) is 16.5 Å². The van der Waals surface area contributed by atoms with Crippen LogP contribution in [0.25, 0.3) is 22.2 Å². The van der Waals surface area contributed by atoms with Crippen LogP contribution >= 0.6 is 0 Å². The first-order valence-corrected chi connectivity index (χ1v) is 5.01. The molecule has 3 rings (SSSR count). The second-order valence-electron chi connectivity index (χ2n) is 3.62. The van der Waals surface area contributed by atoms with Crippen LogP contribution in [0.1, 0.15) is 10.5 Å². The van der Waals surface area contributed by atoms with Gasteiger partial charge in [-0.1, -0.05) is 18.2 Å². The van der Waals surface area contributed by atoms with Crippen LogP contribution in [0.15, 0.2) is 41.0 Å². The molecular weight excluding hydrogens is 220 g/mol. The monoisotopic (exact) mass is 228 g/mol. The summed E-state index contributed by atoms with van der Waals surface area (Å²) in [5, 5.41) is 16.2. The standard InChI is InChI=1S/C12H8N2O3/c15-12(16)10-5-9(13-14-10)8-6-17-11-4-2-1-3-7(8)11/h1-6H,(H,13,14)(H,15,16). The maximum Gasteiger partial charge on any atom is 0.353 e. The van der Waals surface area contributed by atoms with E-state index in [1.54, 1.807) is 6.26 Å². The quantitative estimate of drug-likeness (QED) is 0.706. The Morgan fingerprint density at radius 2 is 2.18 bits per heavy atom. The molecule has 84 valence electrons. The van der Waals surface area contributed by atoms with Gasteiger partial charge in [0.1, 0.15) is 17.5 Å². The normalized spacial score (nSPS) is 10.8. The maximum absolute atomic E-state index is 10.8. The first-order chi connectivity index (χ1) is 8.25. The molecule has 2 heterocycles. The first-order valence-electron chi connectivity index (χ1n) is 5.01. The largest absolute Gasteiger partial charge is 0.477 e. The smallest absolute Gasteiger partial charge is 0.353 e. The predicted molar refractivity (Wildman–Crippen MR) is 60.8 cm³/mol. The molecule has 0 unspecified atom stereocenters. The van der Waals surface area contributed by atoms with Crippen LogP contribution in [0, 0.1) is 0 Å². The maximum atomic E-state index is 10.8. The number of aromatic nitrogens is 2. The fraction of sp³-hybridized carbons (Fsp3) is 0. The number of H-pyrrole nitrogens is 1. The van der Waals surface area contributed by atoms with E-state index in [-0.39, 0.29) is 5.69 Å². The Morgan fingerprint density at radius 1 is 1.35 bits per heavy atom. The van der Waals surface area contributed by atoms with Crippen LogP contribution in [0.2, 0.25) is 0 Å². The van der Waals surface area contributed by atoms with Gasteiger partial charge in [0.2, 0.25) is 0 Å². The number of carboxylic acid groups (broad SMARTS) is 1. The van der Waals surface area contributed by atoms with Crippen LogP contribution in [-0.2, 0) is 0 Å². The number of benzene rings is 1. The highest BCUT2D eigenvalue weighted by Gasteiger charge is 2.13. The van der Waals surface area contributed by atoms with Crippen molar-refractivity contribution in [3.63, 3.8) is 0 Å². The van der Waals surface area contributed by atoms with E-state index in [1.807, 2.05) is 24.3 Å². The lowest BCUT2D eigenvalue weighted by Crippen LogP contribution is -1.95. The van der Waals surface area contributed by atoms with Gasteiger partial charge in [-0.05, 0) is 12.1 Å². The average Bonchev–Trinajstić information content (AvgIpc) is 2.95. The number of carbonyl (C=O) groups is 1. The van der Waals surface area contributed by atoms with Crippen LogP contribution in [0.5, 0.6) is 0 Å². The lowest BCUT2D eigenvalue weighted by molar-refractivity contribution is 0.0690. The van der Waals surface area contributed by atoms with Crippen LogP contribution in [0.3, 0.4) is 0 Å². The van der Waals surface area contributed by atoms with Crippen molar-refractivity contribution in [1.29, 1.82) is 0 Å². The molecule has 5 nitrogen and oxygen atoms in total. The van der Waals surface area contributed by atoms with Crippen molar-refractivity contribution in [1.82, 2.24) is 10.2 Å². The number of nitrogens with one attached hydrogen (secondary N) is 1. The fourth-order valence-corrected chi connectivity index (χ4v) is 1.75. The third-order valence-electron chi connectivity index (χ3n) is 2.57.